The molecule has 1 aromatic heterocycles. The van der Waals surface area contributed by atoms with Crippen molar-refractivity contribution in [1.82, 2.24) is 9.97 Å². The third kappa shape index (κ3) is 1.63. The number of fused-ring (bicyclic) bond motifs is 1. The summed E-state index contributed by atoms with van der Waals surface area (Å²) < 4.78 is 0. The summed E-state index contributed by atoms with van der Waals surface area (Å²) >= 11 is 0. The van der Waals surface area contributed by atoms with Gasteiger partial charge in [0.2, 0.25) is 11.9 Å². The van der Waals surface area contributed by atoms with E-state index < -0.39 is 0 Å². The van der Waals surface area contributed by atoms with Crippen molar-refractivity contribution in [3.63, 3.8) is 0 Å². The zero-order valence-corrected chi connectivity index (χ0v) is 8.42. The molecule has 7 nitrogen and oxygen atoms in total. The van der Waals surface area contributed by atoms with Crippen LogP contribution < -0.4 is 21.1 Å². The molecule has 2 heterocycles. The monoisotopic (exact) mass is 209 g/mol. The topological polar surface area (TPSA) is 90.1 Å². The molecule has 15 heavy (non-hydrogen) atoms. The van der Waals surface area contributed by atoms with Crippen LogP contribution in [-0.4, -0.2) is 29.6 Å². The molecular weight excluding hydrogens is 198 g/mol. The molecule has 1 aliphatic heterocycles. The number of aromatic amines is 1. The zero-order chi connectivity index (χ0) is 11.0. The van der Waals surface area contributed by atoms with Gasteiger partial charge in [0.25, 0.3) is 5.56 Å². The number of anilines is 3. The lowest BCUT2D eigenvalue weighted by Gasteiger charge is -2.09. The quantitative estimate of drug-likeness (QED) is 0.582. The number of aromatic nitrogens is 2. The molecule has 0 fully saturated rings. The maximum absolute atomic E-state index is 11.5. The van der Waals surface area contributed by atoms with E-state index in [4.69, 9.17) is 0 Å². The summed E-state index contributed by atoms with van der Waals surface area (Å²) in [5.41, 5.74) is 0.153. The molecule has 2 rings (SSSR count). The first-order valence-electron chi connectivity index (χ1n) is 4.45. The molecule has 0 bridgehead atoms. The molecule has 1 amide bonds. The molecule has 1 aromatic rings. The second-order valence-corrected chi connectivity index (χ2v) is 3.33. The summed E-state index contributed by atoms with van der Waals surface area (Å²) in [4.78, 5) is 30.7. The van der Waals surface area contributed by atoms with Crippen LogP contribution in [-0.2, 0) is 4.79 Å². The summed E-state index contributed by atoms with van der Waals surface area (Å²) in [6.07, 6.45) is 0. The first-order chi connectivity index (χ1) is 7.08. The predicted molar refractivity (Wildman–Crippen MR) is 56.1 cm³/mol. The molecule has 0 radical (unpaired) electrons. The van der Waals surface area contributed by atoms with E-state index in [1.54, 1.807) is 4.90 Å². The van der Waals surface area contributed by atoms with E-state index >= 15 is 0 Å². The van der Waals surface area contributed by atoms with Gasteiger partial charge in [-0.2, -0.15) is 4.98 Å². The second-order valence-electron chi connectivity index (χ2n) is 3.33. The molecule has 7 heteroatoms. The Morgan fingerprint density at radius 3 is 3.00 bits per heavy atom. The van der Waals surface area contributed by atoms with E-state index in [0.717, 1.165) is 0 Å². The van der Waals surface area contributed by atoms with Crippen molar-refractivity contribution in [1.29, 1.82) is 0 Å². The van der Waals surface area contributed by atoms with Crippen molar-refractivity contribution in [2.75, 3.05) is 29.2 Å². The number of rotatable bonds is 1. The third-order valence-electron chi connectivity index (χ3n) is 2.05. The fraction of sp³-hybridized carbons (Fsp3) is 0.375. The highest BCUT2D eigenvalue weighted by Crippen LogP contribution is 2.23. The molecule has 3 N–H and O–H groups in total. The van der Waals surface area contributed by atoms with Gasteiger partial charge in [0.15, 0.2) is 5.82 Å². The molecular formula is C8H11N5O2. The Bertz CT molecular complexity index is 467. The number of hydrogen-bond acceptors (Lipinski definition) is 5. The maximum Gasteiger partial charge on any atom is 0.277 e. The van der Waals surface area contributed by atoms with Gasteiger partial charge in [0.1, 0.15) is 5.69 Å². The van der Waals surface area contributed by atoms with Crippen LogP contribution in [0.4, 0.5) is 17.5 Å². The SMILES string of the molecule is CC(=O)Nc1nc2c(c(=O)[nH]1)NCN2C. The largest absolute Gasteiger partial charge is 0.360 e. The fourth-order valence-electron chi connectivity index (χ4n) is 1.40. The van der Waals surface area contributed by atoms with Crippen LogP contribution >= 0.6 is 0 Å². The summed E-state index contributed by atoms with van der Waals surface area (Å²) in [7, 11) is 1.81. The Morgan fingerprint density at radius 1 is 1.60 bits per heavy atom. The van der Waals surface area contributed by atoms with Crippen molar-refractivity contribution in [2.24, 2.45) is 0 Å². The predicted octanol–water partition coefficient (Wildman–Crippen LogP) is -0.453. The highest BCUT2D eigenvalue weighted by atomic mass is 16.2. The summed E-state index contributed by atoms with van der Waals surface area (Å²) in [6, 6.07) is 0. The summed E-state index contributed by atoms with van der Waals surface area (Å²) in [5, 5.41) is 5.34. The van der Waals surface area contributed by atoms with Gasteiger partial charge < -0.3 is 10.2 Å². The van der Waals surface area contributed by atoms with Crippen LogP contribution in [0.1, 0.15) is 6.92 Å². The Morgan fingerprint density at radius 2 is 2.33 bits per heavy atom. The number of carbonyl (C=O) groups is 1. The molecule has 1 aliphatic rings. The smallest absolute Gasteiger partial charge is 0.277 e. The van der Waals surface area contributed by atoms with Gasteiger partial charge in [-0.3, -0.25) is 19.9 Å². The minimum absolute atomic E-state index is 0.168. The molecule has 0 aliphatic carbocycles. The van der Waals surface area contributed by atoms with Crippen LogP contribution in [0.2, 0.25) is 0 Å². The number of carbonyl (C=O) groups excluding carboxylic acids is 1. The minimum Gasteiger partial charge on any atom is -0.360 e. The van der Waals surface area contributed by atoms with Gasteiger partial charge in [0, 0.05) is 14.0 Å². The van der Waals surface area contributed by atoms with E-state index in [9.17, 15) is 9.59 Å². The van der Waals surface area contributed by atoms with Gasteiger partial charge in [-0.15, -0.1) is 0 Å². The summed E-state index contributed by atoms with van der Waals surface area (Å²) in [6.45, 7) is 1.89. The number of amides is 1. The highest BCUT2D eigenvalue weighted by Gasteiger charge is 2.21. The van der Waals surface area contributed by atoms with Crippen LogP contribution in [0.25, 0.3) is 0 Å². The number of hydrogen-bond donors (Lipinski definition) is 3. The van der Waals surface area contributed by atoms with Crippen molar-refractivity contribution in [3.05, 3.63) is 10.4 Å². The Hall–Kier alpha value is -2.05. The lowest BCUT2D eigenvalue weighted by Crippen LogP contribution is -2.18. The standard InChI is InChI=1S/C8H11N5O2/c1-4(14)10-8-11-6-5(7(15)12-8)9-3-13(6)2/h9H,3H2,1-2H3,(H2,10,11,12,14,15). The van der Waals surface area contributed by atoms with Gasteiger partial charge in [-0.05, 0) is 0 Å². The highest BCUT2D eigenvalue weighted by molar-refractivity contribution is 5.87. The van der Waals surface area contributed by atoms with Crippen LogP contribution in [0.15, 0.2) is 4.79 Å². The van der Waals surface area contributed by atoms with Crippen molar-refractivity contribution in [3.8, 4) is 0 Å². The first kappa shape index (κ1) is 9.50. The van der Waals surface area contributed by atoms with E-state index in [1.807, 2.05) is 7.05 Å². The zero-order valence-electron chi connectivity index (χ0n) is 8.42. The van der Waals surface area contributed by atoms with Crippen molar-refractivity contribution >= 4 is 23.4 Å². The van der Waals surface area contributed by atoms with Gasteiger partial charge in [0.05, 0.1) is 6.67 Å². The Kier molecular flexibility index (Phi) is 2.07. The van der Waals surface area contributed by atoms with E-state index in [0.29, 0.717) is 18.2 Å². The molecule has 0 spiro atoms. The number of nitrogens with one attached hydrogen (secondary N) is 3. The lowest BCUT2D eigenvalue weighted by atomic mass is 10.5. The van der Waals surface area contributed by atoms with E-state index in [1.165, 1.54) is 6.92 Å². The van der Waals surface area contributed by atoms with Crippen molar-refractivity contribution in [2.45, 2.75) is 6.92 Å². The molecule has 80 valence electrons. The van der Waals surface area contributed by atoms with Crippen LogP contribution in [0.5, 0.6) is 0 Å². The normalized spacial score (nSPS) is 13.3. The third-order valence-corrected chi connectivity index (χ3v) is 2.05. The average molecular weight is 209 g/mol. The molecule has 0 saturated carbocycles. The molecule has 0 saturated heterocycles. The molecule has 0 unspecified atom stereocenters. The van der Waals surface area contributed by atoms with Gasteiger partial charge in [-0.25, -0.2) is 0 Å². The average Bonchev–Trinajstić information content (AvgIpc) is 2.47. The Labute approximate surface area is 85.5 Å². The Balaban J connectivity index is 2.46. The van der Waals surface area contributed by atoms with Crippen molar-refractivity contribution < 1.29 is 4.79 Å². The van der Waals surface area contributed by atoms with E-state index in [-0.39, 0.29) is 17.4 Å². The van der Waals surface area contributed by atoms with Crippen LogP contribution in [0, 0.1) is 0 Å². The number of nitrogens with zero attached hydrogens (tertiary/aromatic N) is 2. The van der Waals surface area contributed by atoms with Gasteiger partial charge in [-0.1, -0.05) is 0 Å². The first-order valence-corrected chi connectivity index (χ1v) is 4.45. The maximum atomic E-state index is 11.5. The molecule has 0 atom stereocenters. The minimum atomic E-state index is -0.284. The number of H-pyrrole nitrogens is 1. The van der Waals surface area contributed by atoms with E-state index in [2.05, 4.69) is 20.6 Å². The van der Waals surface area contributed by atoms with Crippen LogP contribution in [0.3, 0.4) is 0 Å². The van der Waals surface area contributed by atoms with Gasteiger partial charge >= 0.3 is 0 Å². The summed E-state index contributed by atoms with van der Waals surface area (Å²) in [5.74, 6) is 0.441. The fourth-order valence-corrected chi connectivity index (χ4v) is 1.40. The molecule has 0 aromatic carbocycles. The second kappa shape index (κ2) is 3.26. The lowest BCUT2D eigenvalue weighted by molar-refractivity contribution is -0.114.